The van der Waals surface area contributed by atoms with Crippen molar-refractivity contribution in [3.8, 4) is 0 Å². The minimum atomic E-state index is 0.350. The van der Waals surface area contributed by atoms with Crippen LogP contribution in [0, 0.1) is 6.08 Å². The number of aromatic nitrogens is 1. The van der Waals surface area contributed by atoms with Gasteiger partial charge in [0.25, 0.3) is 0 Å². The second kappa shape index (κ2) is 14.3. The van der Waals surface area contributed by atoms with Gasteiger partial charge in [-0.1, -0.05) is 115 Å². The molecular formula is C43H30N4Zn-2. The van der Waals surface area contributed by atoms with Crippen LogP contribution in [0.15, 0.2) is 179 Å². The minimum absolute atomic E-state index is 0.350. The van der Waals surface area contributed by atoms with Gasteiger partial charge in [0.15, 0.2) is 0 Å². The van der Waals surface area contributed by atoms with Gasteiger partial charge in [0, 0.05) is 0 Å². The molecule has 2 N–H and O–H groups in total. The molecule has 0 saturated carbocycles. The Bertz CT molecular complexity index is 2210. The quantitative estimate of drug-likeness (QED) is 0.0704. The monoisotopic (exact) mass is 666 g/mol. The predicted octanol–water partition coefficient (Wildman–Crippen LogP) is 9.99. The maximum absolute atomic E-state index is 9.88. The van der Waals surface area contributed by atoms with Crippen LogP contribution in [0.4, 0.5) is 0 Å². The summed E-state index contributed by atoms with van der Waals surface area (Å²) in [6, 6.07) is 44.6. The van der Waals surface area contributed by atoms with Crippen LogP contribution < -0.4 is 0 Å². The third-order valence-electron chi connectivity index (χ3n) is 8.01. The third-order valence-corrected chi connectivity index (χ3v) is 8.89. The zero-order chi connectivity index (χ0) is 32.7. The van der Waals surface area contributed by atoms with Crippen LogP contribution >= 0.6 is 0 Å². The van der Waals surface area contributed by atoms with E-state index >= 15 is 0 Å². The molecule has 226 valence electrons. The second-order valence-corrected chi connectivity index (χ2v) is 12.2. The summed E-state index contributed by atoms with van der Waals surface area (Å²) in [5.74, 6) is 0. The number of nitrogens with one attached hydrogen (secondary N) is 2. The van der Waals surface area contributed by atoms with E-state index in [2.05, 4.69) is 69.2 Å². The van der Waals surface area contributed by atoms with Crippen LogP contribution in [-0.2, 0) is 17.9 Å². The summed E-state index contributed by atoms with van der Waals surface area (Å²) >= 11 is 1.08. The zero-order valence-electron chi connectivity index (χ0n) is 26.3. The van der Waals surface area contributed by atoms with Crippen molar-refractivity contribution in [2.24, 2.45) is 9.98 Å². The van der Waals surface area contributed by atoms with Crippen LogP contribution in [-0.4, -0.2) is 21.0 Å². The molecule has 0 radical (unpaired) electrons. The van der Waals surface area contributed by atoms with Gasteiger partial charge < -0.3 is 5.73 Å². The number of hydrogen-bond acceptors (Lipinski definition) is 2. The topological polar surface area (TPSA) is 64.3 Å². The van der Waals surface area contributed by atoms with Gasteiger partial charge in [-0.2, -0.15) is 5.70 Å². The van der Waals surface area contributed by atoms with Crippen LogP contribution in [0.5, 0.6) is 0 Å². The Kier molecular flexibility index (Phi) is 9.22. The first kappa shape index (κ1) is 30.9. The Morgan fingerprint density at radius 3 is 1.85 bits per heavy atom. The standard InChI is InChI=1S/C43H30N4.Zn/c1-30-22-23-35(45-30)27-36-24-25-37(46-36)28-38-29-40(33-18-10-4-11-19-33)43(47-38)41(34-20-12-5-13-21-34)42(44)39(32-16-8-3-9-17-32)26-31-14-6-2-7-15-31;/h1-25,27-29,44,46H;/q-2;/b35-27?,38-28?,42-41-;. The van der Waals surface area contributed by atoms with E-state index in [4.69, 9.17) is 4.99 Å². The molecule has 3 heterocycles. The molecule has 2 aliphatic rings. The molecule has 48 heavy (non-hydrogen) atoms. The average molecular weight is 668 g/mol. The molecule has 0 amide bonds. The van der Waals surface area contributed by atoms with Crippen molar-refractivity contribution in [3.63, 3.8) is 0 Å². The van der Waals surface area contributed by atoms with Crippen LogP contribution in [0.25, 0.3) is 34.6 Å². The second-order valence-electron chi connectivity index (χ2n) is 11.3. The van der Waals surface area contributed by atoms with Crippen molar-refractivity contribution in [1.82, 2.24) is 4.98 Å². The molecule has 0 unspecified atom stereocenters. The SMILES string of the molecule is [NH-]/C(C(=[C-]c1ccccc1)c1ccccc1)=C(\C1=NC(=Cc2ccc(C=C3C=CC([CH]=[Zn])=N3)[nH]2)C=C1c1ccccc1)c1ccccc1. The van der Waals surface area contributed by atoms with Crippen LogP contribution in [0.3, 0.4) is 0 Å². The molecule has 0 atom stereocenters. The summed E-state index contributed by atoms with van der Waals surface area (Å²) < 4.78 is 2.12. The Labute approximate surface area is 290 Å². The summed E-state index contributed by atoms with van der Waals surface area (Å²) in [7, 11) is 0. The van der Waals surface area contributed by atoms with Gasteiger partial charge >= 0.3 is 120 Å². The molecule has 0 fully saturated rings. The smallest absolute Gasteiger partial charge is 0.0622 e. The number of rotatable bonds is 9. The van der Waals surface area contributed by atoms with Gasteiger partial charge in [-0.25, -0.2) is 0 Å². The molecule has 0 aliphatic carbocycles. The number of aliphatic imine (C=N–C) groups is 2. The summed E-state index contributed by atoms with van der Waals surface area (Å²) in [5.41, 5.74) is 21.8. The number of H-pyrrole nitrogens is 1. The van der Waals surface area contributed by atoms with Gasteiger partial charge in [-0.3, -0.25) is 0 Å². The van der Waals surface area contributed by atoms with Gasteiger partial charge in [-0.15, -0.1) is 29.3 Å². The van der Waals surface area contributed by atoms with E-state index in [9.17, 15) is 5.73 Å². The molecule has 1 aromatic heterocycles. The Hall–Kier alpha value is -5.77. The van der Waals surface area contributed by atoms with Gasteiger partial charge in [0.1, 0.15) is 0 Å². The first-order valence-electron chi connectivity index (χ1n) is 15.8. The minimum Gasteiger partial charge on any atom is -0.0622 e. The van der Waals surface area contributed by atoms with Crippen molar-refractivity contribution < 1.29 is 17.9 Å². The molecule has 7 rings (SSSR count). The van der Waals surface area contributed by atoms with Crippen LogP contribution in [0.1, 0.15) is 33.6 Å². The van der Waals surface area contributed by atoms with E-state index in [1.165, 1.54) is 0 Å². The summed E-state index contributed by atoms with van der Waals surface area (Å²) in [4.78, 5) is 13.4. The molecular weight excluding hydrogens is 638 g/mol. The summed E-state index contributed by atoms with van der Waals surface area (Å²) in [6.07, 6.45) is 13.9. The third kappa shape index (κ3) is 6.97. The Balaban J connectivity index is 1.39. The number of aromatic amines is 1. The molecule has 0 saturated heterocycles. The van der Waals surface area contributed by atoms with E-state index < -0.39 is 0 Å². The molecule has 4 aromatic carbocycles. The van der Waals surface area contributed by atoms with Crippen molar-refractivity contribution in [2.45, 2.75) is 0 Å². The number of allylic oxidation sites excluding steroid dienone is 6. The van der Waals surface area contributed by atoms with E-state index in [0.29, 0.717) is 11.3 Å². The first-order valence-corrected chi connectivity index (χ1v) is 17.5. The normalized spacial score (nSPS) is 16.5. The zero-order valence-corrected chi connectivity index (χ0v) is 29.2. The van der Waals surface area contributed by atoms with Gasteiger partial charge in [-0.05, 0) is 16.7 Å². The first-order chi connectivity index (χ1) is 23.6. The molecule has 4 nitrogen and oxygen atoms in total. The van der Waals surface area contributed by atoms with E-state index in [1.54, 1.807) is 0 Å². The molecule has 5 heteroatoms. The summed E-state index contributed by atoms with van der Waals surface area (Å²) in [6.45, 7) is 0. The fraction of sp³-hybridized carbons (Fsp3) is 0. The van der Waals surface area contributed by atoms with Crippen molar-refractivity contribution in [1.29, 1.82) is 0 Å². The number of benzene rings is 4. The van der Waals surface area contributed by atoms with Crippen LogP contribution in [0.2, 0.25) is 0 Å². The summed E-state index contributed by atoms with van der Waals surface area (Å²) in [5, 5.41) is 0. The van der Waals surface area contributed by atoms with Gasteiger partial charge in [0.2, 0.25) is 0 Å². The Morgan fingerprint density at radius 1 is 0.646 bits per heavy atom. The molecule has 0 spiro atoms. The number of nitrogens with zero attached hydrogens (tertiary/aromatic N) is 2. The maximum atomic E-state index is 9.88. The number of hydrogen-bond donors (Lipinski definition) is 1. The molecule has 2 aliphatic heterocycles. The van der Waals surface area contributed by atoms with E-state index in [-0.39, 0.29) is 0 Å². The van der Waals surface area contributed by atoms with E-state index in [0.717, 1.165) is 85.5 Å². The molecule has 0 bridgehead atoms. The molecule has 5 aromatic rings. The van der Waals surface area contributed by atoms with Crippen molar-refractivity contribution >= 4 is 44.9 Å². The van der Waals surface area contributed by atoms with Crippen molar-refractivity contribution in [2.75, 3.05) is 0 Å². The fourth-order valence-corrected chi connectivity index (χ4v) is 6.20. The fourth-order valence-electron chi connectivity index (χ4n) is 5.72. The Morgan fingerprint density at radius 2 is 1.23 bits per heavy atom. The van der Waals surface area contributed by atoms with Gasteiger partial charge in [0.05, 0.1) is 0 Å². The predicted molar refractivity (Wildman–Crippen MR) is 198 cm³/mol. The average Bonchev–Trinajstić information content (AvgIpc) is 3.90. The van der Waals surface area contributed by atoms with Crippen molar-refractivity contribution in [3.05, 3.63) is 214 Å². The van der Waals surface area contributed by atoms with E-state index in [1.807, 2.05) is 115 Å².